The van der Waals surface area contributed by atoms with Gasteiger partial charge in [-0.1, -0.05) is 41.4 Å². The van der Waals surface area contributed by atoms with E-state index in [1.165, 1.54) is 12.1 Å². The summed E-state index contributed by atoms with van der Waals surface area (Å²) in [6.07, 6.45) is 0. The minimum atomic E-state index is -0.637. The number of anilines is 1. The van der Waals surface area contributed by atoms with Crippen LogP contribution in [0.1, 0.15) is 5.56 Å². The molecule has 2 aromatic rings. The largest absolute Gasteiger partial charge is 0.478 e. The third-order valence-electron chi connectivity index (χ3n) is 2.73. The molecule has 0 aliphatic heterocycles. The molecule has 0 amide bonds. The summed E-state index contributed by atoms with van der Waals surface area (Å²) in [6, 6.07) is 12.2. The van der Waals surface area contributed by atoms with Crippen molar-refractivity contribution >= 4 is 28.9 Å². The number of ether oxygens (including phenoxy) is 1. The van der Waals surface area contributed by atoms with Gasteiger partial charge in [-0.25, -0.2) is 4.39 Å². The van der Waals surface area contributed by atoms with Crippen molar-refractivity contribution in [1.29, 1.82) is 5.26 Å². The van der Waals surface area contributed by atoms with E-state index in [2.05, 4.69) is 5.32 Å². The van der Waals surface area contributed by atoms with Gasteiger partial charge < -0.3 is 10.1 Å². The lowest BCUT2D eigenvalue weighted by Gasteiger charge is -2.12. The molecule has 0 spiro atoms. The van der Waals surface area contributed by atoms with Crippen LogP contribution in [0.4, 0.5) is 10.1 Å². The molecule has 0 saturated heterocycles. The number of nitriles is 1. The Labute approximate surface area is 131 Å². The quantitative estimate of drug-likeness (QED) is 0.814. The normalized spacial score (nSPS) is 10.0. The number of rotatable bonds is 5. The molecular weight excluding hydrogens is 314 g/mol. The van der Waals surface area contributed by atoms with Gasteiger partial charge in [0, 0.05) is 17.8 Å². The van der Waals surface area contributed by atoms with E-state index in [1.807, 2.05) is 24.3 Å². The molecule has 0 fully saturated rings. The first-order valence-electron chi connectivity index (χ1n) is 6.08. The Hall–Kier alpha value is -1.96. The maximum absolute atomic E-state index is 13.3. The molecule has 0 saturated carbocycles. The van der Waals surface area contributed by atoms with E-state index in [4.69, 9.17) is 33.2 Å². The number of hydrogen-bond donors (Lipinski definition) is 1. The Kier molecular flexibility index (Phi) is 5.26. The predicted molar refractivity (Wildman–Crippen MR) is 81.3 cm³/mol. The number of nitrogens with zero attached hydrogens (tertiary/aromatic N) is 1. The summed E-state index contributed by atoms with van der Waals surface area (Å²) in [6.45, 7) is 0.408. The van der Waals surface area contributed by atoms with Crippen molar-refractivity contribution in [3.05, 3.63) is 57.8 Å². The van der Waals surface area contributed by atoms with Crippen LogP contribution in [-0.4, -0.2) is 6.61 Å². The molecule has 0 atom stereocenters. The van der Waals surface area contributed by atoms with Crippen molar-refractivity contribution in [2.75, 3.05) is 11.9 Å². The van der Waals surface area contributed by atoms with E-state index < -0.39 is 5.82 Å². The van der Waals surface area contributed by atoms with E-state index in [0.717, 1.165) is 5.56 Å². The fourth-order valence-corrected chi connectivity index (χ4v) is 2.24. The van der Waals surface area contributed by atoms with Crippen LogP contribution < -0.4 is 10.1 Å². The highest BCUT2D eigenvalue weighted by Crippen LogP contribution is 2.28. The molecule has 0 unspecified atom stereocenters. The Morgan fingerprint density at radius 1 is 1.19 bits per heavy atom. The number of halogens is 3. The van der Waals surface area contributed by atoms with Crippen molar-refractivity contribution in [3.8, 4) is 11.8 Å². The van der Waals surface area contributed by atoms with E-state index >= 15 is 0 Å². The van der Waals surface area contributed by atoms with Crippen molar-refractivity contribution in [3.63, 3.8) is 0 Å². The summed E-state index contributed by atoms with van der Waals surface area (Å²) < 4.78 is 18.7. The van der Waals surface area contributed by atoms with Crippen molar-refractivity contribution < 1.29 is 9.13 Å². The molecule has 0 aromatic heterocycles. The molecule has 0 aliphatic carbocycles. The number of nitrogens with one attached hydrogen (secondary N) is 1. The summed E-state index contributed by atoms with van der Waals surface area (Å²) in [5.74, 6) is -0.0208. The molecule has 2 aromatic carbocycles. The highest BCUT2D eigenvalue weighted by Gasteiger charge is 2.08. The number of para-hydroxylation sites is 1. The summed E-state index contributed by atoms with van der Waals surface area (Å²) in [5.41, 5.74) is 1.46. The van der Waals surface area contributed by atoms with Gasteiger partial charge in [0.25, 0.3) is 0 Å². The van der Waals surface area contributed by atoms with E-state index in [-0.39, 0.29) is 16.7 Å². The third-order valence-corrected chi connectivity index (χ3v) is 3.28. The molecule has 6 heteroatoms. The lowest BCUT2D eigenvalue weighted by atomic mass is 10.2. The molecule has 3 nitrogen and oxygen atoms in total. The Morgan fingerprint density at radius 3 is 2.52 bits per heavy atom. The van der Waals surface area contributed by atoms with Crippen LogP contribution in [0.25, 0.3) is 0 Å². The van der Waals surface area contributed by atoms with Gasteiger partial charge in [-0.2, -0.15) is 5.26 Å². The fraction of sp³-hybridized carbons (Fsp3) is 0.133. The van der Waals surface area contributed by atoms with Crippen LogP contribution in [0.2, 0.25) is 10.0 Å². The zero-order valence-corrected chi connectivity index (χ0v) is 12.4. The average molecular weight is 325 g/mol. The first-order chi connectivity index (χ1) is 10.1. The van der Waals surface area contributed by atoms with Gasteiger partial charge in [-0.15, -0.1) is 0 Å². The van der Waals surface area contributed by atoms with Gasteiger partial charge >= 0.3 is 0 Å². The second-order valence-electron chi connectivity index (χ2n) is 4.16. The average Bonchev–Trinajstić information content (AvgIpc) is 2.49. The molecular formula is C15H11Cl2FN2O. The predicted octanol–water partition coefficient (Wildman–Crippen LogP) is 4.65. The maximum Gasteiger partial charge on any atom is 0.174 e. The first-order valence-corrected chi connectivity index (χ1v) is 6.83. The topological polar surface area (TPSA) is 45.0 Å². The standard InChI is InChI=1S/C15H11Cl2FN2O/c16-12-7-11(8-13(17)15(12)18)20-9-10-3-1-2-4-14(10)21-6-5-19/h1-4,7-8,20H,6,9H2. The third kappa shape index (κ3) is 4.01. The van der Waals surface area contributed by atoms with Crippen LogP contribution in [0.5, 0.6) is 5.75 Å². The molecule has 0 radical (unpaired) electrons. The second kappa shape index (κ2) is 7.16. The van der Waals surface area contributed by atoms with Crippen LogP contribution in [0.15, 0.2) is 36.4 Å². The molecule has 2 rings (SSSR count). The van der Waals surface area contributed by atoms with Crippen molar-refractivity contribution in [2.45, 2.75) is 6.54 Å². The Balaban J connectivity index is 2.12. The Bertz CT molecular complexity index is 663. The molecule has 21 heavy (non-hydrogen) atoms. The fourth-order valence-electron chi connectivity index (χ4n) is 1.76. The number of hydrogen-bond acceptors (Lipinski definition) is 3. The van der Waals surface area contributed by atoms with Gasteiger partial charge in [-0.3, -0.25) is 0 Å². The van der Waals surface area contributed by atoms with Crippen molar-refractivity contribution in [2.24, 2.45) is 0 Å². The first kappa shape index (κ1) is 15.4. The molecule has 1 N–H and O–H groups in total. The van der Waals surface area contributed by atoms with Gasteiger partial charge in [0.05, 0.1) is 10.0 Å². The lowest BCUT2D eigenvalue weighted by Crippen LogP contribution is -2.04. The molecule has 0 aliphatic rings. The van der Waals surface area contributed by atoms with E-state index in [1.54, 1.807) is 6.07 Å². The summed E-state index contributed by atoms with van der Waals surface area (Å²) in [7, 11) is 0. The van der Waals surface area contributed by atoms with Gasteiger partial charge in [0.2, 0.25) is 0 Å². The molecule has 0 heterocycles. The molecule has 108 valence electrons. The van der Waals surface area contributed by atoms with Crippen LogP contribution in [0, 0.1) is 17.1 Å². The van der Waals surface area contributed by atoms with Crippen LogP contribution in [-0.2, 0) is 6.54 Å². The summed E-state index contributed by atoms with van der Waals surface area (Å²) in [5, 5.41) is 11.6. The van der Waals surface area contributed by atoms with Crippen LogP contribution in [0.3, 0.4) is 0 Å². The van der Waals surface area contributed by atoms with Gasteiger partial charge in [-0.05, 0) is 18.2 Å². The SMILES string of the molecule is N#CCOc1ccccc1CNc1cc(Cl)c(F)c(Cl)c1. The summed E-state index contributed by atoms with van der Waals surface area (Å²) >= 11 is 11.5. The zero-order chi connectivity index (χ0) is 15.2. The van der Waals surface area contributed by atoms with Gasteiger partial charge in [0.15, 0.2) is 12.4 Å². The monoisotopic (exact) mass is 324 g/mol. The lowest BCUT2D eigenvalue weighted by molar-refractivity contribution is 0.364. The minimum Gasteiger partial charge on any atom is -0.478 e. The Morgan fingerprint density at radius 2 is 1.86 bits per heavy atom. The summed E-state index contributed by atoms with van der Waals surface area (Å²) in [4.78, 5) is 0. The number of benzene rings is 2. The van der Waals surface area contributed by atoms with E-state index in [9.17, 15) is 4.39 Å². The second-order valence-corrected chi connectivity index (χ2v) is 4.98. The highest BCUT2D eigenvalue weighted by molar-refractivity contribution is 6.35. The smallest absolute Gasteiger partial charge is 0.174 e. The highest BCUT2D eigenvalue weighted by atomic mass is 35.5. The van der Waals surface area contributed by atoms with Crippen molar-refractivity contribution in [1.82, 2.24) is 0 Å². The van der Waals surface area contributed by atoms with Crippen LogP contribution >= 0.6 is 23.2 Å². The minimum absolute atomic E-state index is 0.0226. The van der Waals surface area contributed by atoms with E-state index in [0.29, 0.717) is 18.0 Å². The zero-order valence-electron chi connectivity index (χ0n) is 10.9. The molecule has 0 bridgehead atoms. The van der Waals surface area contributed by atoms with Gasteiger partial charge in [0.1, 0.15) is 11.8 Å². The maximum atomic E-state index is 13.3.